The molecule has 0 bridgehead atoms. The molecule has 30 heavy (non-hydrogen) atoms. The predicted octanol–water partition coefficient (Wildman–Crippen LogP) is 3.78. The fourth-order valence-electron chi connectivity index (χ4n) is 2.96. The van der Waals surface area contributed by atoms with Gasteiger partial charge in [0.05, 0.1) is 17.9 Å². The zero-order valence-electron chi connectivity index (χ0n) is 16.3. The Morgan fingerprint density at radius 3 is 2.50 bits per heavy atom. The van der Waals surface area contributed by atoms with Gasteiger partial charge in [0.25, 0.3) is 10.0 Å². The second kappa shape index (κ2) is 9.80. The first-order valence-electron chi connectivity index (χ1n) is 8.96. The van der Waals surface area contributed by atoms with Crippen molar-refractivity contribution in [1.82, 2.24) is 9.88 Å². The fraction of sp³-hybridized carbons (Fsp3) is 0.368. The van der Waals surface area contributed by atoms with Gasteiger partial charge in [0.15, 0.2) is 10.8 Å². The van der Waals surface area contributed by atoms with Crippen LogP contribution in [0, 0.1) is 0 Å². The van der Waals surface area contributed by atoms with Crippen LogP contribution in [0.25, 0.3) is 0 Å². The van der Waals surface area contributed by atoms with E-state index in [9.17, 15) is 26.4 Å². The number of sulfonamides is 1. The number of ketones is 1. The Morgan fingerprint density at radius 2 is 1.97 bits per heavy atom. The molecule has 1 aromatic heterocycles. The van der Waals surface area contributed by atoms with Crippen molar-refractivity contribution in [2.75, 3.05) is 24.1 Å². The number of carbonyl (C=O) groups excluding carboxylic acids is 1. The van der Waals surface area contributed by atoms with Gasteiger partial charge in [0.2, 0.25) is 0 Å². The minimum Gasteiger partial charge on any atom is -0.297 e. The lowest BCUT2D eigenvalue weighted by atomic mass is 10.0. The molecule has 2 aromatic rings. The third kappa shape index (κ3) is 6.19. The van der Waals surface area contributed by atoms with Crippen molar-refractivity contribution in [2.45, 2.75) is 30.6 Å². The first kappa shape index (κ1) is 24.2. The molecule has 1 heterocycles. The number of nitrogens with zero attached hydrogens (tertiary/aromatic N) is 2. The van der Waals surface area contributed by atoms with Gasteiger partial charge in [-0.1, -0.05) is 19.1 Å². The van der Waals surface area contributed by atoms with Crippen LogP contribution in [0.4, 0.5) is 18.9 Å². The summed E-state index contributed by atoms with van der Waals surface area (Å²) in [4.78, 5) is 17.0. The predicted molar refractivity (Wildman–Crippen MR) is 111 cm³/mol. The van der Waals surface area contributed by atoms with Gasteiger partial charge >= 0.3 is 6.18 Å². The summed E-state index contributed by atoms with van der Waals surface area (Å²) < 4.78 is 65.3. The van der Waals surface area contributed by atoms with Crippen LogP contribution >= 0.6 is 12.6 Å². The molecule has 11 heteroatoms. The number of rotatable bonds is 9. The van der Waals surface area contributed by atoms with E-state index < -0.39 is 26.8 Å². The molecule has 0 spiro atoms. The van der Waals surface area contributed by atoms with Crippen molar-refractivity contribution in [1.29, 1.82) is 0 Å². The van der Waals surface area contributed by atoms with Crippen LogP contribution < -0.4 is 4.72 Å². The van der Waals surface area contributed by atoms with Gasteiger partial charge < -0.3 is 0 Å². The molecule has 0 amide bonds. The highest BCUT2D eigenvalue weighted by atomic mass is 32.2. The number of halogens is 3. The summed E-state index contributed by atoms with van der Waals surface area (Å²) >= 11 is 3.97. The quantitative estimate of drug-likeness (QED) is 0.556. The van der Waals surface area contributed by atoms with Crippen molar-refractivity contribution in [2.24, 2.45) is 0 Å². The molecule has 2 rings (SSSR count). The number of hydrogen-bond donors (Lipinski definition) is 2. The van der Waals surface area contributed by atoms with Crippen molar-refractivity contribution >= 4 is 34.1 Å². The Bertz CT molecular complexity index is 981. The number of nitrogens with one attached hydrogen (secondary N) is 1. The van der Waals surface area contributed by atoms with E-state index >= 15 is 0 Å². The summed E-state index contributed by atoms with van der Waals surface area (Å²) in [5.74, 6) is 0.0883. The van der Waals surface area contributed by atoms with Crippen LogP contribution in [-0.4, -0.2) is 43.4 Å². The van der Waals surface area contributed by atoms with Gasteiger partial charge in [0.1, 0.15) is 0 Å². The second-order valence-electron chi connectivity index (χ2n) is 6.65. The number of benzene rings is 1. The lowest BCUT2D eigenvalue weighted by Gasteiger charge is -2.27. The highest BCUT2D eigenvalue weighted by molar-refractivity contribution is 7.92. The number of pyridine rings is 1. The SMILES string of the molecule is CC[C@H](c1cccc(NS(=O)(=O)c2ccc(C(F)(F)F)cn2)c1)N(C)CC(=O)CS. The maximum Gasteiger partial charge on any atom is 0.417 e. The van der Waals surface area contributed by atoms with E-state index in [0.29, 0.717) is 18.7 Å². The molecule has 0 saturated heterocycles. The minimum atomic E-state index is -4.60. The summed E-state index contributed by atoms with van der Waals surface area (Å²) in [6, 6.07) is 7.95. The largest absolute Gasteiger partial charge is 0.417 e. The van der Waals surface area contributed by atoms with E-state index in [2.05, 4.69) is 22.3 Å². The van der Waals surface area contributed by atoms with E-state index in [-0.39, 0.29) is 29.8 Å². The number of alkyl halides is 3. The summed E-state index contributed by atoms with van der Waals surface area (Å²) in [6.07, 6.45) is -3.45. The average molecular weight is 462 g/mol. The Labute approximate surface area is 179 Å². The third-order valence-corrected chi connectivity index (χ3v) is 6.03. The number of hydrogen-bond acceptors (Lipinski definition) is 6. The van der Waals surface area contributed by atoms with Crippen LogP contribution in [0.1, 0.15) is 30.5 Å². The number of carbonyl (C=O) groups is 1. The second-order valence-corrected chi connectivity index (χ2v) is 8.60. The zero-order chi connectivity index (χ0) is 22.5. The molecular formula is C19H22F3N3O3S2. The zero-order valence-corrected chi connectivity index (χ0v) is 18.1. The van der Waals surface area contributed by atoms with E-state index in [1.54, 1.807) is 19.2 Å². The number of aromatic nitrogens is 1. The Kier molecular flexibility index (Phi) is 7.89. The van der Waals surface area contributed by atoms with E-state index in [1.807, 2.05) is 17.9 Å². The standard InChI is InChI=1S/C19H22F3N3O3S2/c1-3-17(25(2)11-16(26)12-29)13-5-4-6-15(9-13)24-30(27,28)18-8-7-14(10-23-18)19(20,21)22/h4-10,17,24,29H,3,11-12H2,1-2H3/t17-/m1/s1. The van der Waals surface area contributed by atoms with E-state index in [1.165, 1.54) is 6.07 Å². The lowest BCUT2D eigenvalue weighted by molar-refractivity contribution is -0.137. The normalized spacial score (nSPS) is 13.3. The monoisotopic (exact) mass is 461 g/mol. The van der Waals surface area contributed by atoms with Crippen LogP contribution in [0.3, 0.4) is 0 Å². The number of anilines is 1. The molecule has 0 aliphatic carbocycles. The van der Waals surface area contributed by atoms with Crippen molar-refractivity contribution in [3.63, 3.8) is 0 Å². The summed E-state index contributed by atoms with van der Waals surface area (Å²) in [5, 5.41) is -0.524. The van der Waals surface area contributed by atoms with E-state index in [4.69, 9.17) is 0 Å². The van der Waals surface area contributed by atoms with Gasteiger partial charge in [-0.2, -0.15) is 34.2 Å². The molecule has 0 fully saturated rings. The van der Waals surface area contributed by atoms with Gasteiger partial charge in [-0.3, -0.25) is 14.4 Å². The maximum absolute atomic E-state index is 12.6. The Balaban J connectivity index is 2.23. The van der Waals surface area contributed by atoms with Crippen molar-refractivity contribution in [3.8, 4) is 0 Å². The Hall–Kier alpha value is -2.11. The number of likely N-dealkylation sites (N-methyl/N-ethyl adjacent to an activating group) is 1. The van der Waals surface area contributed by atoms with Crippen LogP contribution in [0.15, 0.2) is 47.6 Å². The molecule has 0 aliphatic heterocycles. The van der Waals surface area contributed by atoms with Crippen molar-refractivity contribution < 1.29 is 26.4 Å². The maximum atomic E-state index is 12.6. The molecule has 164 valence electrons. The Morgan fingerprint density at radius 1 is 1.27 bits per heavy atom. The van der Waals surface area contributed by atoms with Crippen molar-refractivity contribution in [3.05, 3.63) is 53.7 Å². The molecule has 1 N–H and O–H groups in total. The van der Waals surface area contributed by atoms with Gasteiger partial charge in [0, 0.05) is 17.9 Å². The third-order valence-electron chi connectivity index (χ3n) is 4.38. The molecule has 0 unspecified atom stereocenters. The molecule has 0 saturated carbocycles. The number of Topliss-reactive ketones (excluding diaryl/α,β-unsaturated/α-hetero) is 1. The molecule has 1 atom stereocenters. The highest BCUT2D eigenvalue weighted by Crippen LogP contribution is 2.29. The van der Waals surface area contributed by atoms with E-state index in [0.717, 1.165) is 11.6 Å². The first-order valence-corrected chi connectivity index (χ1v) is 11.1. The summed E-state index contributed by atoms with van der Waals surface area (Å²) in [6.45, 7) is 2.14. The fourth-order valence-corrected chi connectivity index (χ4v) is 4.04. The van der Waals surface area contributed by atoms with Gasteiger partial charge in [-0.05, 0) is 43.3 Å². The topological polar surface area (TPSA) is 79.4 Å². The van der Waals surface area contributed by atoms with Crippen LogP contribution in [0.5, 0.6) is 0 Å². The molecule has 0 radical (unpaired) electrons. The molecular weight excluding hydrogens is 439 g/mol. The molecule has 1 aromatic carbocycles. The highest BCUT2D eigenvalue weighted by Gasteiger charge is 2.31. The smallest absolute Gasteiger partial charge is 0.297 e. The molecule has 0 aliphatic rings. The van der Waals surface area contributed by atoms with Crippen LogP contribution in [0.2, 0.25) is 0 Å². The first-order chi connectivity index (χ1) is 14.0. The molecule has 6 nitrogen and oxygen atoms in total. The van der Waals surface area contributed by atoms with Gasteiger partial charge in [-0.25, -0.2) is 4.98 Å². The van der Waals surface area contributed by atoms with Gasteiger partial charge in [-0.15, -0.1) is 0 Å². The minimum absolute atomic E-state index is 0.0375. The average Bonchev–Trinajstić information content (AvgIpc) is 2.68. The lowest BCUT2D eigenvalue weighted by Crippen LogP contribution is -2.30. The van der Waals surface area contributed by atoms with Crippen LogP contribution in [-0.2, 0) is 21.0 Å². The summed E-state index contributed by atoms with van der Waals surface area (Å²) in [7, 11) is -2.38. The number of thiol groups is 1. The summed E-state index contributed by atoms with van der Waals surface area (Å²) in [5.41, 5.74) is -0.0119.